The Bertz CT molecular complexity index is 1870. The summed E-state index contributed by atoms with van der Waals surface area (Å²) in [6, 6.07) is 1.60. The van der Waals surface area contributed by atoms with Gasteiger partial charge in [0.05, 0.1) is 0 Å². The lowest BCUT2D eigenvalue weighted by molar-refractivity contribution is 0.126. The predicted octanol–water partition coefficient (Wildman–Crippen LogP) is 17.3. The van der Waals surface area contributed by atoms with Crippen molar-refractivity contribution in [2.24, 2.45) is 59.2 Å². The zero-order chi connectivity index (χ0) is 65.2. The van der Waals surface area contributed by atoms with E-state index < -0.39 is 0 Å². The van der Waals surface area contributed by atoms with Crippen LogP contribution in [0, 0.1) is 59.2 Å². The van der Waals surface area contributed by atoms with Crippen LogP contribution in [0.25, 0.3) is 0 Å². The lowest BCUT2D eigenvalue weighted by Crippen LogP contribution is -2.47. The lowest BCUT2D eigenvalue weighted by atomic mass is 9.88. The highest BCUT2D eigenvalue weighted by Gasteiger charge is 2.24. The van der Waals surface area contributed by atoms with E-state index in [1.807, 2.05) is 0 Å². The van der Waals surface area contributed by atoms with Gasteiger partial charge in [-0.15, -0.1) is 0 Å². The van der Waals surface area contributed by atoms with Crippen molar-refractivity contribution in [3.8, 4) is 0 Å². The Hall–Kier alpha value is -2.02. The summed E-state index contributed by atoms with van der Waals surface area (Å²) in [6.45, 7) is 62.2. The van der Waals surface area contributed by atoms with Crippen LogP contribution in [0.5, 0.6) is 0 Å². The average Bonchev–Trinajstić information content (AvgIpc) is 4.42. The van der Waals surface area contributed by atoms with Crippen LogP contribution in [-0.4, -0.2) is 236 Å². The number of hydrogen-bond donors (Lipinski definition) is 0. The molecule has 0 amide bonds. The van der Waals surface area contributed by atoms with Crippen molar-refractivity contribution in [3.63, 3.8) is 0 Å². The third kappa shape index (κ3) is 40.8. The van der Waals surface area contributed by atoms with Crippen LogP contribution in [0.4, 0.5) is 0 Å². The van der Waals surface area contributed by atoms with E-state index in [2.05, 4.69) is 268 Å². The summed E-state index contributed by atoms with van der Waals surface area (Å²) in [5, 5.41) is 0. The maximum atomic E-state index is 2.53. The quantitative estimate of drug-likeness (QED) is 0.208. The molecule has 530 valence electrons. The summed E-state index contributed by atoms with van der Waals surface area (Å²) in [5.74, 6) is 8.22. The van der Waals surface area contributed by atoms with Crippen LogP contribution in [0.15, 0.2) is 58.5 Å². The van der Waals surface area contributed by atoms with E-state index >= 15 is 0 Å². The first-order chi connectivity index (χ1) is 40.3. The monoisotopic (exact) mass is 1250 g/mol. The van der Waals surface area contributed by atoms with Gasteiger partial charge in [0.25, 0.3) is 0 Å². The topological polar surface area (TPSA) is 32.4 Å². The molecule has 4 fully saturated rings. The molecule has 0 aliphatic carbocycles. The molecule has 10 nitrogen and oxygen atoms in total. The summed E-state index contributed by atoms with van der Waals surface area (Å²) >= 11 is 0. The van der Waals surface area contributed by atoms with Gasteiger partial charge in [0.2, 0.25) is 0 Å². The summed E-state index contributed by atoms with van der Waals surface area (Å²) < 4.78 is 0. The smallest absolute Gasteiger partial charge is 0.0207 e. The Morgan fingerprint density at radius 3 is 1.17 bits per heavy atom. The second-order valence-corrected chi connectivity index (χ2v) is 30.8. The van der Waals surface area contributed by atoms with Crippen molar-refractivity contribution in [1.82, 2.24) is 49.0 Å². The Morgan fingerprint density at radius 2 is 0.854 bits per heavy atom. The largest absolute Gasteiger partial charge is 0.380 e. The van der Waals surface area contributed by atoms with Gasteiger partial charge in [-0.2, -0.15) is 0 Å². The number of piperidine rings is 1. The van der Waals surface area contributed by atoms with Crippen LogP contribution in [-0.2, 0) is 0 Å². The van der Waals surface area contributed by atoms with Crippen LogP contribution in [0.1, 0.15) is 211 Å². The van der Waals surface area contributed by atoms with E-state index in [1.165, 1.54) is 168 Å². The van der Waals surface area contributed by atoms with Crippen molar-refractivity contribution >= 4 is 0 Å². The first-order valence-corrected chi connectivity index (χ1v) is 35.8. The van der Waals surface area contributed by atoms with Gasteiger partial charge in [-0.25, -0.2) is 0 Å². The Morgan fingerprint density at radius 1 is 0.360 bits per heavy atom. The zero-order valence-corrected chi connectivity index (χ0v) is 62.9. The maximum Gasteiger partial charge on any atom is 0.0207 e. The minimum absolute atomic E-state index is 0. The fraction of sp³-hybridized carbons (Fsp3) is 0.873. The molecule has 10 heteroatoms. The second-order valence-electron chi connectivity index (χ2n) is 30.8. The summed E-state index contributed by atoms with van der Waals surface area (Å²) in [6.07, 6.45) is 25.2. The average molecular weight is 1250 g/mol. The summed E-state index contributed by atoms with van der Waals surface area (Å²) in [4.78, 5) is 24.0. The third-order valence-corrected chi connectivity index (χ3v) is 19.7. The minimum atomic E-state index is 0. The third-order valence-electron chi connectivity index (χ3n) is 19.7. The minimum Gasteiger partial charge on any atom is -0.380 e. The highest BCUT2D eigenvalue weighted by atomic mass is 15.3. The fourth-order valence-corrected chi connectivity index (χ4v) is 12.9. The van der Waals surface area contributed by atoms with Crippen molar-refractivity contribution < 1.29 is 0 Å². The molecule has 0 spiro atoms. The molecule has 0 aromatic carbocycles. The molecule has 4 saturated heterocycles. The lowest BCUT2D eigenvalue weighted by Gasteiger charge is -2.34. The van der Waals surface area contributed by atoms with Crippen LogP contribution >= 0.6 is 0 Å². The van der Waals surface area contributed by atoms with Gasteiger partial charge in [-0.1, -0.05) is 180 Å². The van der Waals surface area contributed by atoms with E-state index in [0.717, 1.165) is 78.4 Å². The molecule has 9 aliphatic rings. The SMILES string of the molecule is C.C.C.CC(C)C1=CCCN(C)C1.CC(C)C1=CCCN1C.CC(C)C1=CCN(C)C1.CC(C)C1=CCN(C)CC1.CC(C)C1=CN(C)CCC1.CC(C)C1CCCN(C)C1.CC(C)C1CCCN1C.CC(C)C1CCN(C)C1.CC(C)N1CCN(C)CC1. The highest BCUT2D eigenvalue weighted by Crippen LogP contribution is 2.25. The number of allylic oxidation sites excluding steroid dienone is 2. The number of likely N-dealkylation sites (tertiary alicyclic amines) is 3. The van der Waals surface area contributed by atoms with Gasteiger partial charge in [0.1, 0.15) is 0 Å². The molecule has 0 bridgehead atoms. The molecular formula is C79H164N10. The number of likely N-dealkylation sites (N-methyl/N-ethyl adjacent to an activating group) is 4. The standard InChI is InChI=1S/C9H17N.C9H19N.2C9H17N.C8H18N2.C8H17N.C8H15N.C8H17N.C8H15N.3CH4/c1-8(2)9-4-6-10(3)7-5-9;3*1-8(2)9-5-4-6-10(3)7-9;1-8(2)10-6-4-9(3)5-7-10;2*1-7(2)8-4-5-9(3)6-8;2*1-7(2)8-5-4-6-9(8)3;;;/h4,8H,5-7H2,1-3H3;8-9H,4-7H2,1-3H3;7-8H,4-6H2,1-3H3;5,8H,4,6-7H2,1-3H3;8H,4-7H2,1-3H3;7-8H,4-6H2,1-3H3;4,7H,5-6H2,1-3H3;7-8H,4-6H2,1-3H3;5,7H,4,6H2,1-3H3;3*1H4. The van der Waals surface area contributed by atoms with Gasteiger partial charge in [0, 0.05) is 124 Å². The predicted molar refractivity (Wildman–Crippen MR) is 406 cm³/mol. The maximum absolute atomic E-state index is 2.53. The Balaban J connectivity index is -0.000000931. The molecule has 0 saturated carbocycles. The van der Waals surface area contributed by atoms with Gasteiger partial charge in [-0.05, 0) is 212 Å². The molecule has 0 aromatic rings. The summed E-state index contributed by atoms with van der Waals surface area (Å²) in [7, 11) is 19.7. The van der Waals surface area contributed by atoms with Gasteiger partial charge >= 0.3 is 0 Å². The molecule has 9 rings (SSSR count). The first kappa shape index (κ1) is 91.2. The number of hydrogen-bond acceptors (Lipinski definition) is 10. The number of nitrogens with zero attached hydrogens (tertiary/aromatic N) is 10. The van der Waals surface area contributed by atoms with E-state index in [0.29, 0.717) is 5.92 Å². The zero-order valence-electron chi connectivity index (χ0n) is 62.9. The Kier molecular flexibility index (Phi) is 51.6. The summed E-state index contributed by atoms with van der Waals surface area (Å²) in [5.41, 5.74) is 7.95. The van der Waals surface area contributed by atoms with Crippen LogP contribution < -0.4 is 0 Å². The first-order valence-electron chi connectivity index (χ1n) is 35.8. The van der Waals surface area contributed by atoms with E-state index in [4.69, 9.17) is 0 Å². The number of piperazine rings is 1. The molecular weight excluding hydrogens is 1090 g/mol. The van der Waals surface area contributed by atoms with Crippen LogP contribution in [0.3, 0.4) is 0 Å². The van der Waals surface area contributed by atoms with E-state index in [9.17, 15) is 0 Å². The molecule has 0 N–H and O–H groups in total. The molecule has 89 heavy (non-hydrogen) atoms. The van der Waals surface area contributed by atoms with Crippen LogP contribution in [0.2, 0.25) is 0 Å². The van der Waals surface area contributed by atoms with Crippen molar-refractivity contribution in [3.05, 3.63) is 58.5 Å². The van der Waals surface area contributed by atoms with Gasteiger partial charge < -0.3 is 39.2 Å². The molecule has 3 unspecified atom stereocenters. The normalized spacial score (nSPS) is 23.1. The molecule has 9 aliphatic heterocycles. The number of rotatable bonds is 9. The molecule has 9 heterocycles. The Labute approximate surface area is 561 Å². The van der Waals surface area contributed by atoms with Gasteiger partial charge in [-0.3, -0.25) is 9.80 Å². The second kappa shape index (κ2) is 50.4. The molecule has 0 radical (unpaired) electrons. The van der Waals surface area contributed by atoms with E-state index in [1.54, 1.807) is 22.3 Å². The van der Waals surface area contributed by atoms with E-state index in [-0.39, 0.29) is 22.3 Å². The van der Waals surface area contributed by atoms with Crippen molar-refractivity contribution in [1.29, 1.82) is 0 Å². The molecule has 0 aromatic heterocycles. The fourth-order valence-electron chi connectivity index (χ4n) is 12.9. The molecule has 3 atom stereocenters. The van der Waals surface area contributed by atoms with Crippen molar-refractivity contribution in [2.75, 3.05) is 175 Å². The van der Waals surface area contributed by atoms with Crippen molar-refractivity contribution in [2.45, 2.75) is 223 Å². The van der Waals surface area contributed by atoms with Gasteiger partial charge in [0.15, 0.2) is 0 Å². The highest BCUT2D eigenvalue weighted by molar-refractivity contribution is 5.13.